The fourth-order valence-corrected chi connectivity index (χ4v) is 3.76. The van der Waals surface area contributed by atoms with Gasteiger partial charge in [0.1, 0.15) is 0 Å². The number of fused-ring (bicyclic) bond motifs is 1. The lowest BCUT2D eigenvalue weighted by molar-refractivity contribution is 0.848. The number of thiophene rings is 1. The highest BCUT2D eigenvalue weighted by molar-refractivity contribution is 9.10. The van der Waals surface area contributed by atoms with Crippen molar-refractivity contribution in [2.24, 2.45) is 0 Å². The Hall–Kier alpha value is -0.580. The second kappa shape index (κ2) is 4.59. The van der Waals surface area contributed by atoms with E-state index in [0.29, 0.717) is 0 Å². The van der Waals surface area contributed by atoms with Crippen LogP contribution in [0.25, 0.3) is 10.9 Å². The fourth-order valence-electron chi connectivity index (χ4n) is 1.90. The zero-order valence-electron chi connectivity index (χ0n) is 8.86. The third-order valence-electron chi connectivity index (χ3n) is 2.74. The molecule has 0 N–H and O–H groups in total. The minimum atomic E-state index is 0.920. The molecule has 0 radical (unpaired) electrons. The van der Waals surface area contributed by atoms with E-state index < -0.39 is 0 Å². The highest BCUT2D eigenvalue weighted by atomic mass is 79.9. The average Bonchev–Trinajstić information content (AvgIpc) is 2.87. The Labute approximate surface area is 120 Å². The van der Waals surface area contributed by atoms with Crippen LogP contribution in [-0.4, -0.2) is 4.57 Å². The maximum absolute atomic E-state index is 3.58. The van der Waals surface area contributed by atoms with Gasteiger partial charge < -0.3 is 4.57 Å². The molecule has 1 nitrogen and oxygen atoms in total. The first-order chi connectivity index (χ1) is 8.24. The van der Waals surface area contributed by atoms with E-state index in [9.17, 15) is 0 Å². The summed E-state index contributed by atoms with van der Waals surface area (Å²) in [5.41, 5.74) is 1.27. The van der Waals surface area contributed by atoms with Gasteiger partial charge in [0.05, 0.1) is 6.54 Å². The summed E-state index contributed by atoms with van der Waals surface area (Å²) in [5.74, 6) is 0. The Bertz CT molecular complexity index is 669. The molecule has 2 aromatic heterocycles. The molecule has 3 rings (SSSR count). The lowest BCUT2D eigenvalue weighted by atomic mass is 10.2. The van der Waals surface area contributed by atoms with Crippen molar-refractivity contribution in [3.05, 3.63) is 55.7 Å². The van der Waals surface area contributed by atoms with Gasteiger partial charge in [-0.25, -0.2) is 0 Å². The molecule has 86 valence electrons. The van der Waals surface area contributed by atoms with Crippen molar-refractivity contribution in [3.63, 3.8) is 0 Å². The van der Waals surface area contributed by atoms with E-state index in [1.54, 1.807) is 11.3 Å². The number of nitrogens with zero attached hydrogens (tertiary/aromatic N) is 1. The molecule has 0 aliphatic heterocycles. The molecule has 0 spiro atoms. The third kappa shape index (κ3) is 2.21. The minimum absolute atomic E-state index is 0.920. The number of rotatable bonds is 2. The fraction of sp³-hybridized carbons (Fsp3) is 0.0769. The summed E-state index contributed by atoms with van der Waals surface area (Å²) < 4.78 is 4.60. The number of hydrogen-bond donors (Lipinski definition) is 0. The van der Waals surface area contributed by atoms with E-state index in [4.69, 9.17) is 0 Å². The summed E-state index contributed by atoms with van der Waals surface area (Å²) in [6.07, 6.45) is 2.14. The summed E-state index contributed by atoms with van der Waals surface area (Å²) in [6.45, 7) is 0.920. The van der Waals surface area contributed by atoms with Gasteiger partial charge in [-0.2, -0.15) is 0 Å². The summed E-state index contributed by atoms with van der Waals surface area (Å²) in [7, 11) is 0. The first-order valence-electron chi connectivity index (χ1n) is 5.20. The Morgan fingerprint density at radius 1 is 1.12 bits per heavy atom. The van der Waals surface area contributed by atoms with Crippen LogP contribution < -0.4 is 0 Å². The second-order valence-electron chi connectivity index (χ2n) is 3.84. The summed E-state index contributed by atoms with van der Waals surface area (Å²) in [4.78, 5) is 1.35. The topological polar surface area (TPSA) is 4.93 Å². The van der Waals surface area contributed by atoms with Crippen LogP contribution in [0.5, 0.6) is 0 Å². The molecule has 0 fully saturated rings. The summed E-state index contributed by atoms with van der Waals surface area (Å²) in [6, 6.07) is 10.6. The van der Waals surface area contributed by atoms with Crippen molar-refractivity contribution in [1.82, 2.24) is 4.57 Å². The Kier molecular flexibility index (Phi) is 3.11. The van der Waals surface area contributed by atoms with Crippen molar-refractivity contribution in [1.29, 1.82) is 0 Å². The van der Waals surface area contributed by atoms with E-state index in [-0.39, 0.29) is 0 Å². The van der Waals surface area contributed by atoms with Crippen LogP contribution in [0.1, 0.15) is 4.88 Å². The molecule has 2 heterocycles. The number of hydrogen-bond acceptors (Lipinski definition) is 1. The Balaban J connectivity index is 2.04. The summed E-state index contributed by atoms with van der Waals surface area (Å²) in [5, 5.41) is 3.38. The highest BCUT2D eigenvalue weighted by Crippen LogP contribution is 2.26. The van der Waals surface area contributed by atoms with Crippen LogP contribution in [0.4, 0.5) is 0 Å². The largest absolute Gasteiger partial charge is 0.342 e. The number of aromatic nitrogens is 1. The molecule has 0 aliphatic carbocycles. The van der Waals surface area contributed by atoms with Crippen LogP contribution in [0.2, 0.25) is 0 Å². The van der Waals surface area contributed by atoms with Crippen LogP contribution >= 0.6 is 43.2 Å². The molecule has 0 aliphatic rings. The van der Waals surface area contributed by atoms with Gasteiger partial charge in [0.15, 0.2) is 0 Å². The SMILES string of the molecule is Brc1ccc2c(ccn2Cc2sccc2Br)c1. The van der Waals surface area contributed by atoms with Gasteiger partial charge in [-0.05, 0) is 51.6 Å². The van der Waals surface area contributed by atoms with Gasteiger partial charge in [-0.15, -0.1) is 11.3 Å². The van der Waals surface area contributed by atoms with Crippen LogP contribution in [0.15, 0.2) is 50.9 Å². The number of halogens is 2. The Morgan fingerprint density at radius 2 is 2.00 bits per heavy atom. The normalized spacial score (nSPS) is 11.2. The van der Waals surface area contributed by atoms with Crippen molar-refractivity contribution in [2.75, 3.05) is 0 Å². The first-order valence-corrected chi connectivity index (χ1v) is 7.67. The monoisotopic (exact) mass is 369 g/mol. The molecule has 1 aromatic carbocycles. The summed E-state index contributed by atoms with van der Waals surface area (Å²) >= 11 is 8.86. The minimum Gasteiger partial charge on any atom is -0.342 e. The van der Waals surface area contributed by atoms with E-state index in [0.717, 1.165) is 11.0 Å². The molecular weight excluding hydrogens is 362 g/mol. The molecule has 0 atom stereocenters. The number of benzene rings is 1. The van der Waals surface area contributed by atoms with Crippen molar-refractivity contribution >= 4 is 54.1 Å². The predicted octanol–water partition coefficient (Wildman–Crippen LogP) is 5.28. The van der Waals surface area contributed by atoms with E-state index >= 15 is 0 Å². The van der Waals surface area contributed by atoms with Crippen LogP contribution in [0, 0.1) is 0 Å². The first kappa shape index (κ1) is 11.5. The van der Waals surface area contributed by atoms with Gasteiger partial charge >= 0.3 is 0 Å². The van der Waals surface area contributed by atoms with Gasteiger partial charge in [0, 0.05) is 30.9 Å². The van der Waals surface area contributed by atoms with Crippen molar-refractivity contribution in [3.8, 4) is 0 Å². The molecule has 4 heteroatoms. The molecule has 3 aromatic rings. The maximum Gasteiger partial charge on any atom is 0.0580 e. The van der Waals surface area contributed by atoms with E-state index in [2.05, 4.69) is 78.3 Å². The highest BCUT2D eigenvalue weighted by Gasteiger charge is 2.05. The average molecular weight is 371 g/mol. The predicted molar refractivity (Wildman–Crippen MR) is 80.8 cm³/mol. The van der Waals surface area contributed by atoms with Crippen LogP contribution in [0.3, 0.4) is 0 Å². The molecule has 0 unspecified atom stereocenters. The smallest absolute Gasteiger partial charge is 0.0580 e. The Morgan fingerprint density at radius 3 is 2.76 bits per heavy atom. The third-order valence-corrected chi connectivity index (χ3v) is 5.14. The van der Waals surface area contributed by atoms with Gasteiger partial charge in [-0.3, -0.25) is 0 Å². The molecular formula is C13H9Br2NS. The molecule has 0 saturated carbocycles. The van der Waals surface area contributed by atoms with Gasteiger partial charge in [0.2, 0.25) is 0 Å². The maximum atomic E-state index is 3.58. The molecule has 0 amide bonds. The quantitative estimate of drug-likeness (QED) is 0.578. The van der Waals surface area contributed by atoms with E-state index in [1.165, 1.54) is 20.3 Å². The van der Waals surface area contributed by atoms with E-state index in [1.807, 2.05) is 0 Å². The molecule has 17 heavy (non-hydrogen) atoms. The standard InChI is InChI=1S/C13H9Br2NS/c14-10-1-2-12-9(7-10)3-5-16(12)8-13-11(15)4-6-17-13/h1-7H,8H2. The van der Waals surface area contributed by atoms with Gasteiger partial charge in [0.25, 0.3) is 0 Å². The lowest BCUT2D eigenvalue weighted by Gasteiger charge is -2.04. The zero-order valence-corrected chi connectivity index (χ0v) is 12.8. The molecule has 0 saturated heterocycles. The lowest BCUT2D eigenvalue weighted by Crippen LogP contribution is -1.95. The zero-order chi connectivity index (χ0) is 11.8. The van der Waals surface area contributed by atoms with Crippen LogP contribution in [-0.2, 0) is 6.54 Å². The van der Waals surface area contributed by atoms with Crippen molar-refractivity contribution in [2.45, 2.75) is 6.54 Å². The second-order valence-corrected chi connectivity index (χ2v) is 6.61. The van der Waals surface area contributed by atoms with Gasteiger partial charge in [-0.1, -0.05) is 15.9 Å². The molecule has 0 bridgehead atoms. The van der Waals surface area contributed by atoms with Crippen molar-refractivity contribution < 1.29 is 0 Å².